The third kappa shape index (κ3) is 6.09. The van der Waals surface area contributed by atoms with Crippen molar-refractivity contribution in [1.29, 1.82) is 0 Å². The van der Waals surface area contributed by atoms with Gasteiger partial charge in [0.2, 0.25) is 0 Å². The molecule has 28 heavy (non-hydrogen) atoms. The zero-order valence-electron chi connectivity index (χ0n) is 16.5. The quantitative estimate of drug-likeness (QED) is 0.365. The Labute approximate surface area is 168 Å². The second-order valence-corrected chi connectivity index (χ2v) is 7.11. The van der Waals surface area contributed by atoms with Gasteiger partial charge in [-0.3, -0.25) is 4.98 Å². The Morgan fingerprint density at radius 3 is 2.50 bits per heavy atom. The molecule has 2 aromatic carbocycles. The van der Waals surface area contributed by atoms with Crippen LogP contribution in [0.25, 0.3) is 0 Å². The zero-order chi connectivity index (χ0) is 19.4. The lowest BCUT2D eigenvalue weighted by Crippen LogP contribution is -2.04. The number of aryl methyl sites for hydroxylation is 2. The van der Waals surface area contributed by atoms with Gasteiger partial charge >= 0.3 is 0 Å². The molecule has 2 heteroatoms. The van der Waals surface area contributed by atoms with Crippen LogP contribution >= 0.6 is 0 Å². The summed E-state index contributed by atoms with van der Waals surface area (Å²) in [5.41, 5.74) is 4.02. The summed E-state index contributed by atoms with van der Waals surface area (Å²) in [6.07, 6.45) is 11.2. The molecule has 1 atom stereocenters. The van der Waals surface area contributed by atoms with Gasteiger partial charge in [-0.25, -0.2) is 0 Å². The van der Waals surface area contributed by atoms with Crippen LogP contribution in [0, 0.1) is 0 Å². The Bertz CT molecular complexity index is 829. The van der Waals surface area contributed by atoms with E-state index in [1.54, 1.807) is 6.08 Å². The molecule has 1 unspecified atom stereocenters. The van der Waals surface area contributed by atoms with Crippen LogP contribution in [0.2, 0.25) is 0 Å². The highest BCUT2D eigenvalue weighted by Crippen LogP contribution is 2.29. The first-order valence-corrected chi connectivity index (χ1v) is 10.1. The molecule has 0 saturated carbocycles. The second-order valence-electron chi connectivity index (χ2n) is 7.11. The number of ether oxygens (including phenoxy) is 1. The molecule has 1 aromatic heterocycles. The smallest absolute Gasteiger partial charge is 0.122 e. The van der Waals surface area contributed by atoms with Crippen molar-refractivity contribution in [1.82, 2.24) is 4.98 Å². The van der Waals surface area contributed by atoms with Gasteiger partial charge in [-0.1, -0.05) is 67.3 Å². The average Bonchev–Trinajstić information content (AvgIpc) is 2.76. The highest BCUT2D eigenvalue weighted by molar-refractivity contribution is 5.34. The molecule has 0 amide bonds. The average molecular weight is 372 g/mol. The summed E-state index contributed by atoms with van der Waals surface area (Å²) in [7, 11) is 0. The number of aromatic nitrogens is 1. The van der Waals surface area contributed by atoms with Gasteiger partial charge in [0.1, 0.15) is 12.4 Å². The Hall–Kier alpha value is -2.87. The maximum atomic E-state index is 5.84. The van der Waals surface area contributed by atoms with Crippen molar-refractivity contribution >= 4 is 0 Å². The van der Waals surface area contributed by atoms with E-state index in [1.165, 1.54) is 29.5 Å². The normalized spacial score (nSPS) is 11.7. The molecule has 3 aromatic rings. The van der Waals surface area contributed by atoms with Crippen LogP contribution in [0.3, 0.4) is 0 Å². The molecule has 0 spiro atoms. The monoisotopic (exact) mass is 371 g/mol. The van der Waals surface area contributed by atoms with E-state index >= 15 is 0 Å². The van der Waals surface area contributed by atoms with Crippen molar-refractivity contribution in [3.63, 3.8) is 0 Å². The first-order chi connectivity index (χ1) is 13.9. The Morgan fingerprint density at radius 1 is 0.893 bits per heavy atom. The van der Waals surface area contributed by atoms with E-state index in [4.69, 9.17) is 4.74 Å². The molecular formula is C26H29NO. The summed E-state index contributed by atoms with van der Waals surface area (Å²) < 4.78 is 5.84. The summed E-state index contributed by atoms with van der Waals surface area (Å²) in [6, 6.07) is 23.4. The Balaban J connectivity index is 1.64. The minimum Gasteiger partial charge on any atom is -0.489 e. The Kier molecular flexibility index (Phi) is 7.87. The number of pyridine rings is 1. The van der Waals surface area contributed by atoms with Crippen LogP contribution in [0.1, 0.15) is 41.9 Å². The first-order valence-electron chi connectivity index (χ1n) is 10.1. The van der Waals surface area contributed by atoms with Gasteiger partial charge in [0.15, 0.2) is 0 Å². The van der Waals surface area contributed by atoms with Crippen molar-refractivity contribution in [3.8, 4) is 5.75 Å². The zero-order valence-corrected chi connectivity index (χ0v) is 16.5. The summed E-state index contributed by atoms with van der Waals surface area (Å²) in [5.74, 6) is 1.52. The van der Waals surface area contributed by atoms with Crippen LogP contribution in [0.4, 0.5) is 0 Å². The highest BCUT2D eigenvalue weighted by Gasteiger charge is 2.13. The van der Waals surface area contributed by atoms with Crippen molar-refractivity contribution in [2.24, 2.45) is 0 Å². The van der Waals surface area contributed by atoms with E-state index in [2.05, 4.69) is 66.2 Å². The van der Waals surface area contributed by atoms with Crippen LogP contribution in [0.5, 0.6) is 5.75 Å². The first kappa shape index (κ1) is 19.9. The fourth-order valence-corrected chi connectivity index (χ4v) is 3.63. The van der Waals surface area contributed by atoms with E-state index in [1.807, 2.05) is 24.5 Å². The molecule has 2 nitrogen and oxygen atoms in total. The van der Waals surface area contributed by atoms with Gasteiger partial charge in [0.05, 0.1) is 0 Å². The van der Waals surface area contributed by atoms with E-state index in [0.29, 0.717) is 12.5 Å². The van der Waals surface area contributed by atoms with Crippen LogP contribution < -0.4 is 4.74 Å². The summed E-state index contributed by atoms with van der Waals surface area (Å²) in [4.78, 5) is 4.23. The van der Waals surface area contributed by atoms with Crippen LogP contribution in [0.15, 0.2) is 91.8 Å². The maximum absolute atomic E-state index is 5.84. The van der Waals surface area contributed by atoms with Gasteiger partial charge in [0, 0.05) is 12.4 Å². The lowest BCUT2D eigenvalue weighted by atomic mass is 9.87. The molecule has 144 valence electrons. The van der Waals surface area contributed by atoms with Gasteiger partial charge in [-0.15, -0.1) is 0 Å². The molecule has 3 rings (SSSR count). The van der Waals surface area contributed by atoms with E-state index in [9.17, 15) is 0 Å². The Morgan fingerprint density at radius 2 is 1.71 bits per heavy atom. The SMILES string of the molecule is C=CCOc1ccccc1CCC(CCCc1cccnc1)c1ccccc1. The standard InChI is InChI=1S/C26H29NO/c1-2-20-28-26-16-7-6-14-25(26)18-17-24(23-12-4-3-5-13-23)15-8-10-22-11-9-19-27-21-22/h2-7,9,11-14,16,19,21,24H,1,8,10,15,17-18,20H2. The molecule has 0 bridgehead atoms. The number of rotatable bonds is 11. The van der Waals surface area contributed by atoms with Gasteiger partial charge < -0.3 is 4.74 Å². The fraction of sp³-hybridized carbons (Fsp3) is 0.269. The number of nitrogens with zero attached hydrogens (tertiary/aromatic N) is 1. The van der Waals surface area contributed by atoms with Gasteiger partial charge in [-0.2, -0.15) is 0 Å². The highest BCUT2D eigenvalue weighted by atomic mass is 16.5. The third-order valence-corrected chi connectivity index (χ3v) is 5.10. The molecule has 0 radical (unpaired) electrons. The lowest BCUT2D eigenvalue weighted by Gasteiger charge is -2.19. The maximum Gasteiger partial charge on any atom is 0.122 e. The molecular weight excluding hydrogens is 342 g/mol. The predicted molar refractivity (Wildman–Crippen MR) is 117 cm³/mol. The number of benzene rings is 2. The second kappa shape index (κ2) is 11.1. The van der Waals surface area contributed by atoms with Crippen LogP contribution in [-0.2, 0) is 12.8 Å². The molecule has 0 fully saturated rings. The summed E-state index contributed by atoms with van der Waals surface area (Å²) in [6.45, 7) is 4.29. The fourth-order valence-electron chi connectivity index (χ4n) is 3.63. The van der Waals surface area contributed by atoms with E-state index in [-0.39, 0.29) is 0 Å². The molecule has 0 saturated heterocycles. The van der Waals surface area contributed by atoms with E-state index in [0.717, 1.165) is 25.0 Å². The molecule has 0 aliphatic rings. The molecule has 1 heterocycles. The molecule has 0 N–H and O–H groups in total. The molecule has 0 aliphatic heterocycles. The predicted octanol–water partition coefficient (Wildman–Crippen LogP) is 6.39. The van der Waals surface area contributed by atoms with E-state index < -0.39 is 0 Å². The molecule has 0 aliphatic carbocycles. The largest absolute Gasteiger partial charge is 0.489 e. The third-order valence-electron chi connectivity index (χ3n) is 5.10. The number of hydrogen-bond acceptors (Lipinski definition) is 2. The van der Waals surface area contributed by atoms with Crippen molar-refractivity contribution in [2.75, 3.05) is 6.61 Å². The van der Waals surface area contributed by atoms with Crippen LogP contribution in [-0.4, -0.2) is 11.6 Å². The number of para-hydroxylation sites is 1. The summed E-state index contributed by atoms with van der Waals surface area (Å²) in [5, 5.41) is 0. The summed E-state index contributed by atoms with van der Waals surface area (Å²) >= 11 is 0. The van der Waals surface area contributed by atoms with Crippen molar-refractivity contribution in [2.45, 2.75) is 38.0 Å². The number of hydrogen-bond donors (Lipinski definition) is 0. The van der Waals surface area contributed by atoms with Gasteiger partial charge in [-0.05, 0) is 66.8 Å². The minimum atomic E-state index is 0.546. The van der Waals surface area contributed by atoms with Crippen molar-refractivity contribution < 1.29 is 4.74 Å². The topological polar surface area (TPSA) is 22.1 Å². The van der Waals surface area contributed by atoms with Gasteiger partial charge in [0.25, 0.3) is 0 Å². The van der Waals surface area contributed by atoms with Crippen molar-refractivity contribution in [3.05, 3.63) is 108 Å². The lowest BCUT2D eigenvalue weighted by molar-refractivity contribution is 0.358. The minimum absolute atomic E-state index is 0.546.